The topological polar surface area (TPSA) is 38.3 Å². The van der Waals surface area contributed by atoms with E-state index >= 15 is 0 Å². The standard InChI is InChI=1S/C15H15BrClNO2S/c1-9-5-12(17)3-4-14(9)20-10(2)15(19)18-7-13-6-11(16)8-21-13/h3-6,8,10H,7H2,1-2H3,(H,18,19). The summed E-state index contributed by atoms with van der Waals surface area (Å²) in [6.45, 7) is 4.13. The molecule has 0 saturated heterocycles. The van der Waals surface area contributed by atoms with Crippen molar-refractivity contribution in [3.05, 3.63) is 49.6 Å². The predicted octanol–water partition coefficient (Wildman–Crippen LogP) is 4.56. The van der Waals surface area contributed by atoms with E-state index in [9.17, 15) is 4.79 Å². The molecule has 0 spiro atoms. The molecule has 1 heterocycles. The highest BCUT2D eigenvalue weighted by Gasteiger charge is 2.15. The number of aryl methyl sites for hydroxylation is 1. The second kappa shape index (κ2) is 7.29. The lowest BCUT2D eigenvalue weighted by Crippen LogP contribution is -2.35. The van der Waals surface area contributed by atoms with Crippen molar-refractivity contribution >= 4 is 44.8 Å². The zero-order valence-electron chi connectivity index (χ0n) is 11.7. The minimum Gasteiger partial charge on any atom is -0.481 e. The third-order valence-electron chi connectivity index (χ3n) is 2.87. The van der Waals surface area contributed by atoms with E-state index in [1.165, 1.54) is 0 Å². The summed E-state index contributed by atoms with van der Waals surface area (Å²) < 4.78 is 6.70. The van der Waals surface area contributed by atoms with E-state index < -0.39 is 6.10 Å². The first-order chi connectivity index (χ1) is 9.95. The van der Waals surface area contributed by atoms with E-state index in [2.05, 4.69) is 21.2 Å². The Hall–Kier alpha value is -1.04. The molecule has 6 heteroatoms. The quantitative estimate of drug-likeness (QED) is 0.815. The molecule has 0 fully saturated rings. The van der Waals surface area contributed by atoms with Crippen LogP contribution in [0, 0.1) is 6.92 Å². The lowest BCUT2D eigenvalue weighted by atomic mass is 10.2. The minimum absolute atomic E-state index is 0.145. The second-order valence-electron chi connectivity index (χ2n) is 4.62. The highest BCUT2D eigenvalue weighted by atomic mass is 79.9. The molecular weight excluding hydrogens is 374 g/mol. The van der Waals surface area contributed by atoms with Crippen LogP contribution in [0.15, 0.2) is 34.1 Å². The van der Waals surface area contributed by atoms with Crippen molar-refractivity contribution in [2.24, 2.45) is 0 Å². The number of hydrogen-bond donors (Lipinski definition) is 1. The average molecular weight is 389 g/mol. The SMILES string of the molecule is Cc1cc(Cl)ccc1OC(C)C(=O)NCc1cc(Br)cs1. The van der Waals surface area contributed by atoms with Crippen LogP contribution < -0.4 is 10.1 Å². The number of ether oxygens (including phenoxy) is 1. The summed E-state index contributed by atoms with van der Waals surface area (Å²) in [7, 11) is 0. The van der Waals surface area contributed by atoms with E-state index in [1.807, 2.05) is 24.4 Å². The number of rotatable bonds is 5. The molecule has 21 heavy (non-hydrogen) atoms. The van der Waals surface area contributed by atoms with Gasteiger partial charge in [0.2, 0.25) is 0 Å². The molecule has 1 unspecified atom stereocenters. The highest BCUT2D eigenvalue weighted by molar-refractivity contribution is 9.10. The summed E-state index contributed by atoms with van der Waals surface area (Å²) in [4.78, 5) is 13.1. The van der Waals surface area contributed by atoms with E-state index in [-0.39, 0.29) is 5.91 Å². The summed E-state index contributed by atoms with van der Waals surface area (Å²) in [5.41, 5.74) is 0.907. The normalized spacial score (nSPS) is 12.0. The molecule has 112 valence electrons. The van der Waals surface area contributed by atoms with Crippen LogP contribution in [-0.2, 0) is 11.3 Å². The summed E-state index contributed by atoms with van der Waals surface area (Å²) in [5, 5.41) is 5.50. The Labute approximate surface area is 141 Å². The van der Waals surface area contributed by atoms with Crippen LogP contribution in [0.1, 0.15) is 17.4 Å². The first-order valence-corrected chi connectivity index (χ1v) is 8.44. The third kappa shape index (κ3) is 4.73. The number of carbonyl (C=O) groups excluding carboxylic acids is 1. The van der Waals surface area contributed by atoms with Crippen molar-refractivity contribution < 1.29 is 9.53 Å². The molecule has 1 aromatic carbocycles. The number of amides is 1. The Morgan fingerprint density at radius 1 is 1.48 bits per heavy atom. The van der Waals surface area contributed by atoms with Gasteiger partial charge in [0.15, 0.2) is 6.10 Å². The molecule has 0 saturated carbocycles. The van der Waals surface area contributed by atoms with Crippen LogP contribution in [0.25, 0.3) is 0 Å². The molecule has 2 rings (SSSR count). The zero-order chi connectivity index (χ0) is 15.4. The monoisotopic (exact) mass is 387 g/mol. The van der Waals surface area contributed by atoms with Crippen molar-refractivity contribution in [3.8, 4) is 5.75 Å². The van der Waals surface area contributed by atoms with Gasteiger partial charge in [-0.3, -0.25) is 4.79 Å². The Morgan fingerprint density at radius 3 is 2.86 bits per heavy atom. The predicted molar refractivity (Wildman–Crippen MR) is 90.1 cm³/mol. The Morgan fingerprint density at radius 2 is 2.24 bits per heavy atom. The maximum absolute atomic E-state index is 12.0. The van der Waals surface area contributed by atoms with Gasteiger partial charge < -0.3 is 10.1 Å². The number of thiophene rings is 1. The molecule has 0 aliphatic carbocycles. The molecule has 1 amide bonds. The maximum Gasteiger partial charge on any atom is 0.261 e. The lowest BCUT2D eigenvalue weighted by molar-refractivity contribution is -0.127. The van der Waals surface area contributed by atoms with Crippen LogP contribution in [0.2, 0.25) is 5.02 Å². The largest absolute Gasteiger partial charge is 0.481 e. The van der Waals surface area contributed by atoms with Crippen LogP contribution in [0.5, 0.6) is 5.75 Å². The van der Waals surface area contributed by atoms with Crippen molar-refractivity contribution in [2.75, 3.05) is 0 Å². The Kier molecular flexibility index (Phi) is 5.67. The minimum atomic E-state index is -0.562. The molecule has 1 aromatic heterocycles. The van der Waals surface area contributed by atoms with Gasteiger partial charge in [-0.2, -0.15) is 0 Å². The fourth-order valence-electron chi connectivity index (χ4n) is 1.75. The summed E-state index contributed by atoms with van der Waals surface area (Å²) in [6, 6.07) is 7.32. The number of halogens is 2. The molecule has 3 nitrogen and oxygen atoms in total. The molecule has 2 aromatic rings. The van der Waals surface area contributed by atoms with Crippen molar-refractivity contribution in [3.63, 3.8) is 0 Å². The van der Waals surface area contributed by atoms with Gasteiger partial charge in [-0.1, -0.05) is 11.6 Å². The van der Waals surface area contributed by atoms with Crippen LogP contribution in [0.3, 0.4) is 0 Å². The van der Waals surface area contributed by atoms with Gasteiger partial charge in [-0.25, -0.2) is 0 Å². The molecule has 0 aliphatic rings. The van der Waals surface area contributed by atoms with Gasteiger partial charge in [0.05, 0.1) is 6.54 Å². The Balaban J connectivity index is 1.90. The smallest absolute Gasteiger partial charge is 0.261 e. The van der Waals surface area contributed by atoms with Gasteiger partial charge in [0.25, 0.3) is 5.91 Å². The number of hydrogen-bond acceptors (Lipinski definition) is 3. The molecule has 0 bridgehead atoms. The summed E-state index contributed by atoms with van der Waals surface area (Å²) in [5.74, 6) is 0.523. The maximum atomic E-state index is 12.0. The van der Waals surface area contributed by atoms with Crippen molar-refractivity contribution in [1.82, 2.24) is 5.32 Å². The van der Waals surface area contributed by atoms with E-state index in [1.54, 1.807) is 30.4 Å². The molecule has 1 N–H and O–H groups in total. The average Bonchev–Trinajstić information content (AvgIpc) is 2.85. The fourth-order valence-corrected chi connectivity index (χ4v) is 3.37. The number of carbonyl (C=O) groups is 1. The van der Waals surface area contributed by atoms with Crippen LogP contribution in [0.4, 0.5) is 0 Å². The first-order valence-electron chi connectivity index (χ1n) is 6.39. The van der Waals surface area contributed by atoms with Gasteiger partial charge in [0.1, 0.15) is 5.75 Å². The fraction of sp³-hybridized carbons (Fsp3) is 0.267. The molecular formula is C15H15BrClNO2S. The van der Waals surface area contributed by atoms with Crippen LogP contribution >= 0.6 is 38.9 Å². The Bertz CT molecular complexity index is 644. The van der Waals surface area contributed by atoms with Crippen molar-refractivity contribution in [1.29, 1.82) is 0 Å². The second-order valence-corrected chi connectivity index (χ2v) is 6.97. The third-order valence-corrected chi connectivity index (χ3v) is 4.80. The number of benzene rings is 1. The van der Waals surface area contributed by atoms with Gasteiger partial charge in [-0.05, 0) is 59.6 Å². The molecule has 0 radical (unpaired) electrons. The summed E-state index contributed by atoms with van der Waals surface area (Å²) in [6.07, 6.45) is -0.562. The lowest BCUT2D eigenvalue weighted by Gasteiger charge is -2.16. The molecule has 0 aliphatic heterocycles. The van der Waals surface area contributed by atoms with Gasteiger partial charge in [0, 0.05) is 19.8 Å². The van der Waals surface area contributed by atoms with Crippen molar-refractivity contribution in [2.45, 2.75) is 26.5 Å². The van der Waals surface area contributed by atoms with Crippen LogP contribution in [-0.4, -0.2) is 12.0 Å². The number of nitrogens with one attached hydrogen (secondary N) is 1. The highest BCUT2D eigenvalue weighted by Crippen LogP contribution is 2.23. The summed E-state index contributed by atoms with van der Waals surface area (Å²) >= 11 is 10.9. The van der Waals surface area contributed by atoms with Gasteiger partial charge in [-0.15, -0.1) is 11.3 Å². The van der Waals surface area contributed by atoms with E-state index in [4.69, 9.17) is 16.3 Å². The zero-order valence-corrected chi connectivity index (χ0v) is 14.8. The van der Waals surface area contributed by atoms with E-state index in [0.29, 0.717) is 17.3 Å². The molecule has 1 atom stereocenters. The first kappa shape index (κ1) is 16.3. The van der Waals surface area contributed by atoms with E-state index in [0.717, 1.165) is 14.9 Å². The van der Waals surface area contributed by atoms with Gasteiger partial charge >= 0.3 is 0 Å².